The molecule has 0 amide bonds. The molecule has 5 nitrogen and oxygen atoms in total. The Bertz CT molecular complexity index is 486. The van der Waals surface area contributed by atoms with E-state index >= 15 is 0 Å². The van der Waals surface area contributed by atoms with Crippen molar-refractivity contribution in [3.8, 4) is 17.6 Å². The molecule has 2 rings (SSSR count). The van der Waals surface area contributed by atoms with Crippen LogP contribution in [-0.4, -0.2) is 25.8 Å². The van der Waals surface area contributed by atoms with Gasteiger partial charge >= 0.3 is 5.97 Å². The molecule has 5 heteroatoms. The molecule has 0 aromatic heterocycles. The van der Waals surface area contributed by atoms with Crippen LogP contribution in [0.4, 0.5) is 0 Å². The molecular formula is C13H13NO4. The third-order valence-corrected chi connectivity index (χ3v) is 2.70. The van der Waals surface area contributed by atoms with E-state index in [1.165, 1.54) is 13.2 Å². The minimum Gasteiger partial charge on any atom is -0.493 e. The fraction of sp³-hybridized carbons (Fsp3) is 0.385. The van der Waals surface area contributed by atoms with E-state index in [9.17, 15) is 4.79 Å². The second-order valence-electron chi connectivity index (χ2n) is 3.90. The summed E-state index contributed by atoms with van der Waals surface area (Å²) in [5.41, 5.74) is 0.448. The highest BCUT2D eigenvalue weighted by atomic mass is 16.6. The van der Waals surface area contributed by atoms with E-state index in [0.29, 0.717) is 30.1 Å². The maximum Gasteiger partial charge on any atom is 0.340 e. The predicted molar refractivity (Wildman–Crippen MR) is 62.3 cm³/mol. The van der Waals surface area contributed by atoms with E-state index in [2.05, 4.69) is 0 Å². The lowest BCUT2D eigenvalue weighted by molar-refractivity contribution is -0.144. The van der Waals surface area contributed by atoms with Gasteiger partial charge < -0.3 is 14.2 Å². The van der Waals surface area contributed by atoms with Crippen molar-refractivity contribution >= 4 is 5.97 Å². The third-order valence-electron chi connectivity index (χ3n) is 2.70. The largest absolute Gasteiger partial charge is 0.493 e. The molecule has 0 bridgehead atoms. The van der Waals surface area contributed by atoms with Gasteiger partial charge in [-0.25, -0.2) is 4.79 Å². The van der Waals surface area contributed by atoms with Gasteiger partial charge in [-0.05, 0) is 25.0 Å². The molecule has 1 fully saturated rings. The minimum absolute atomic E-state index is 0.303. The SMILES string of the molecule is COc1cc(C#N)ccc1OC(=O)C1CCCO1. The molecule has 0 N–H and O–H groups in total. The van der Waals surface area contributed by atoms with Crippen molar-refractivity contribution in [1.29, 1.82) is 5.26 Å². The van der Waals surface area contributed by atoms with Crippen LogP contribution in [0.1, 0.15) is 18.4 Å². The van der Waals surface area contributed by atoms with E-state index in [-0.39, 0.29) is 0 Å². The summed E-state index contributed by atoms with van der Waals surface area (Å²) in [6, 6.07) is 6.63. The summed E-state index contributed by atoms with van der Waals surface area (Å²) >= 11 is 0. The summed E-state index contributed by atoms with van der Waals surface area (Å²) in [4.78, 5) is 11.8. The lowest BCUT2D eigenvalue weighted by atomic mass is 10.2. The number of nitrogens with zero attached hydrogens (tertiary/aromatic N) is 1. The minimum atomic E-state index is -0.495. The van der Waals surface area contributed by atoms with Crippen molar-refractivity contribution in [2.24, 2.45) is 0 Å². The Morgan fingerprint density at radius 2 is 2.33 bits per heavy atom. The molecular weight excluding hydrogens is 234 g/mol. The highest BCUT2D eigenvalue weighted by molar-refractivity contribution is 5.78. The number of hydrogen-bond donors (Lipinski definition) is 0. The Labute approximate surface area is 105 Å². The van der Waals surface area contributed by atoms with Crippen LogP contribution in [0.25, 0.3) is 0 Å². The quantitative estimate of drug-likeness (QED) is 0.600. The number of methoxy groups -OCH3 is 1. The van der Waals surface area contributed by atoms with Crippen molar-refractivity contribution < 1.29 is 19.0 Å². The Morgan fingerprint density at radius 1 is 1.50 bits per heavy atom. The lowest BCUT2D eigenvalue weighted by Gasteiger charge is -2.12. The smallest absolute Gasteiger partial charge is 0.340 e. The van der Waals surface area contributed by atoms with Crippen molar-refractivity contribution in [3.05, 3.63) is 23.8 Å². The Kier molecular flexibility index (Phi) is 3.80. The molecule has 1 atom stereocenters. The van der Waals surface area contributed by atoms with Gasteiger partial charge in [0.2, 0.25) is 0 Å². The van der Waals surface area contributed by atoms with Gasteiger partial charge in [-0.3, -0.25) is 0 Å². The van der Waals surface area contributed by atoms with E-state index in [1.807, 2.05) is 6.07 Å². The second-order valence-corrected chi connectivity index (χ2v) is 3.90. The molecule has 18 heavy (non-hydrogen) atoms. The number of hydrogen-bond acceptors (Lipinski definition) is 5. The average Bonchev–Trinajstić information content (AvgIpc) is 2.93. The number of nitriles is 1. The van der Waals surface area contributed by atoms with Gasteiger partial charge in [-0.15, -0.1) is 0 Å². The molecule has 94 valence electrons. The van der Waals surface area contributed by atoms with Crippen molar-refractivity contribution in [2.75, 3.05) is 13.7 Å². The van der Waals surface area contributed by atoms with Gasteiger partial charge in [0.1, 0.15) is 0 Å². The standard InChI is InChI=1S/C13H13NO4/c1-16-12-7-9(8-14)4-5-10(12)18-13(15)11-3-2-6-17-11/h4-5,7,11H,2-3,6H2,1H3. The van der Waals surface area contributed by atoms with Gasteiger partial charge in [0.15, 0.2) is 17.6 Å². The summed E-state index contributed by atoms with van der Waals surface area (Å²) in [5.74, 6) is 0.243. The molecule has 0 saturated carbocycles. The van der Waals surface area contributed by atoms with Gasteiger partial charge in [0, 0.05) is 12.7 Å². The molecule has 1 heterocycles. The molecule has 0 radical (unpaired) electrons. The highest BCUT2D eigenvalue weighted by Crippen LogP contribution is 2.29. The van der Waals surface area contributed by atoms with E-state index in [1.54, 1.807) is 12.1 Å². The highest BCUT2D eigenvalue weighted by Gasteiger charge is 2.26. The Morgan fingerprint density at radius 3 is 2.94 bits per heavy atom. The monoisotopic (exact) mass is 247 g/mol. The zero-order valence-corrected chi connectivity index (χ0v) is 10.0. The fourth-order valence-electron chi connectivity index (χ4n) is 1.76. The Hall–Kier alpha value is -2.06. The first-order chi connectivity index (χ1) is 8.74. The van der Waals surface area contributed by atoms with Crippen LogP contribution in [0.2, 0.25) is 0 Å². The molecule has 1 aromatic rings. The van der Waals surface area contributed by atoms with Crippen molar-refractivity contribution in [1.82, 2.24) is 0 Å². The number of carbonyl (C=O) groups is 1. The molecule has 0 spiro atoms. The van der Waals surface area contributed by atoms with Gasteiger partial charge in [0.05, 0.1) is 18.7 Å². The first-order valence-electron chi connectivity index (χ1n) is 5.66. The number of rotatable bonds is 3. The predicted octanol–water partition coefficient (Wildman–Crippen LogP) is 1.65. The summed E-state index contributed by atoms with van der Waals surface area (Å²) < 4.78 is 15.5. The first kappa shape index (κ1) is 12.4. The number of ether oxygens (including phenoxy) is 3. The average molecular weight is 247 g/mol. The van der Waals surface area contributed by atoms with E-state index in [0.717, 1.165) is 6.42 Å². The maximum absolute atomic E-state index is 11.8. The fourth-order valence-corrected chi connectivity index (χ4v) is 1.76. The summed E-state index contributed by atoms with van der Waals surface area (Å²) in [6.07, 6.45) is 1.05. The van der Waals surface area contributed by atoms with Crippen molar-refractivity contribution in [3.63, 3.8) is 0 Å². The van der Waals surface area contributed by atoms with Gasteiger partial charge in [0.25, 0.3) is 0 Å². The topological polar surface area (TPSA) is 68.5 Å². The third kappa shape index (κ3) is 2.60. The molecule has 1 aromatic carbocycles. The van der Waals surface area contributed by atoms with Crippen LogP contribution in [0.3, 0.4) is 0 Å². The second kappa shape index (κ2) is 5.52. The van der Waals surface area contributed by atoms with Crippen LogP contribution in [0, 0.1) is 11.3 Å². The molecule has 0 aliphatic carbocycles. The molecule has 1 aliphatic rings. The van der Waals surface area contributed by atoms with Crippen molar-refractivity contribution in [2.45, 2.75) is 18.9 Å². The van der Waals surface area contributed by atoms with E-state index in [4.69, 9.17) is 19.5 Å². The van der Waals surface area contributed by atoms with E-state index < -0.39 is 12.1 Å². The molecule has 1 aliphatic heterocycles. The van der Waals surface area contributed by atoms with Gasteiger partial charge in [-0.2, -0.15) is 5.26 Å². The zero-order chi connectivity index (χ0) is 13.0. The number of benzene rings is 1. The molecule has 1 saturated heterocycles. The number of carbonyl (C=O) groups excluding carboxylic acids is 1. The Balaban J connectivity index is 2.13. The normalized spacial score (nSPS) is 18.1. The first-order valence-corrected chi connectivity index (χ1v) is 5.66. The zero-order valence-electron chi connectivity index (χ0n) is 10.0. The van der Waals surface area contributed by atoms with Crippen LogP contribution in [0.15, 0.2) is 18.2 Å². The van der Waals surface area contributed by atoms with Crippen LogP contribution < -0.4 is 9.47 Å². The number of esters is 1. The molecule has 1 unspecified atom stereocenters. The van der Waals surface area contributed by atoms with Crippen LogP contribution in [0.5, 0.6) is 11.5 Å². The maximum atomic E-state index is 11.8. The van der Waals surface area contributed by atoms with Crippen LogP contribution in [-0.2, 0) is 9.53 Å². The van der Waals surface area contributed by atoms with Crippen LogP contribution >= 0.6 is 0 Å². The lowest BCUT2D eigenvalue weighted by Crippen LogP contribution is -2.24. The van der Waals surface area contributed by atoms with Gasteiger partial charge in [-0.1, -0.05) is 0 Å². The summed E-state index contributed by atoms with van der Waals surface area (Å²) in [5, 5.41) is 8.77. The summed E-state index contributed by atoms with van der Waals surface area (Å²) in [7, 11) is 1.46. The summed E-state index contributed by atoms with van der Waals surface area (Å²) in [6.45, 7) is 0.588.